The third-order valence-corrected chi connectivity index (χ3v) is 5.10. The van der Waals surface area contributed by atoms with Gasteiger partial charge in [0.25, 0.3) is 0 Å². The fraction of sp³-hybridized carbons (Fsp3) is 0.857. The number of alkyl halides is 2. The summed E-state index contributed by atoms with van der Waals surface area (Å²) in [5.74, 6) is 0. The summed E-state index contributed by atoms with van der Waals surface area (Å²) >= 11 is 0. The van der Waals surface area contributed by atoms with E-state index in [0.717, 1.165) is 32.1 Å². The molecule has 4 aliphatic rings. The van der Waals surface area contributed by atoms with Gasteiger partial charge in [-0.25, -0.2) is 8.78 Å². The van der Waals surface area contributed by atoms with Crippen LogP contribution in [0.4, 0.5) is 8.78 Å². The van der Waals surface area contributed by atoms with Crippen LogP contribution in [0.2, 0.25) is 0 Å². The molecular weight excluding hydrogens is 206 g/mol. The molecule has 0 saturated heterocycles. The number of hydrogen-bond acceptors (Lipinski definition) is 0. The van der Waals surface area contributed by atoms with Gasteiger partial charge in [-0.2, -0.15) is 0 Å². The van der Waals surface area contributed by atoms with Crippen molar-refractivity contribution in [1.29, 1.82) is 0 Å². The van der Waals surface area contributed by atoms with Crippen LogP contribution in [-0.2, 0) is 0 Å². The summed E-state index contributed by atoms with van der Waals surface area (Å²) in [6, 6.07) is 0. The van der Waals surface area contributed by atoms with Gasteiger partial charge in [-0.05, 0) is 49.4 Å². The minimum Gasteiger partial charge on any atom is -0.210 e. The maximum Gasteiger partial charge on any atom is 0.244 e. The Bertz CT molecular complexity index is 332. The molecule has 3 fully saturated rings. The van der Waals surface area contributed by atoms with Crippen molar-refractivity contribution < 1.29 is 8.78 Å². The third kappa shape index (κ3) is 1.25. The number of hydrogen-bond donors (Lipinski definition) is 0. The molecule has 0 aromatic carbocycles. The fourth-order valence-corrected chi connectivity index (χ4v) is 4.16. The average molecular weight is 226 g/mol. The van der Waals surface area contributed by atoms with E-state index in [2.05, 4.69) is 19.9 Å². The summed E-state index contributed by atoms with van der Waals surface area (Å²) in [5.41, 5.74) is 1.54. The summed E-state index contributed by atoms with van der Waals surface area (Å²) < 4.78 is 25.5. The van der Waals surface area contributed by atoms with Gasteiger partial charge in [0, 0.05) is 5.41 Å². The van der Waals surface area contributed by atoms with Crippen molar-refractivity contribution >= 4 is 0 Å². The molecule has 0 nitrogen and oxygen atoms in total. The summed E-state index contributed by atoms with van der Waals surface area (Å²) in [4.78, 5) is 0. The summed E-state index contributed by atoms with van der Waals surface area (Å²) in [7, 11) is 0. The minimum absolute atomic E-state index is 0.216. The van der Waals surface area contributed by atoms with Crippen LogP contribution in [0, 0.1) is 16.2 Å². The van der Waals surface area contributed by atoms with Crippen molar-refractivity contribution in [3.05, 3.63) is 11.6 Å². The normalized spacial score (nSPS) is 44.7. The maximum absolute atomic E-state index is 12.8. The number of allylic oxidation sites excluding steroid dienone is 2. The molecule has 0 aromatic rings. The second-order valence-electron chi connectivity index (χ2n) is 7.08. The van der Waals surface area contributed by atoms with Crippen molar-refractivity contribution in [2.24, 2.45) is 16.2 Å². The van der Waals surface area contributed by atoms with E-state index in [1.807, 2.05) is 0 Å². The van der Waals surface area contributed by atoms with Crippen LogP contribution in [-0.4, -0.2) is 6.43 Å². The van der Waals surface area contributed by atoms with E-state index < -0.39 is 11.8 Å². The molecular formula is C14H20F2. The van der Waals surface area contributed by atoms with E-state index in [0.29, 0.717) is 5.41 Å². The molecule has 16 heavy (non-hydrogen) atoms. The standard InChI is InChI=1S/C14H20F2/c1-12(2)5-3-4-10(6-12)13-7-14(8-13,9-13)11(15)16/h4,11H,3,5-9H2,1-2H3. The number of rotatable bonds is 2. The van der Waals surface area contributed by atoms with Crippen LogP contribution >= 0.6 is 0 Å². The van der Waals surface area contributed by atoms with E-state index >= 15 is 0 Å². The van der Waals surface area contributed by atoms with Crippen molar-refractivity contribution in [2.75, 3.05) is 0 Å². The highest BCUT2D eigenvalue weighted by Gasteiger charge is 2.72. The van der Waals surface area contributed by atoms with Gasteiger partial charge >= 0.3 is 0 Å². The maximum atomic E-state index is 12.8. The van der Waals surface area contributed by atoms with Gasteiger partial charge in [0.1, 0.15) is 0 Å². The molecule has 0 heterocycles. The lowest BCUT2D eigenvalue weighted by atomic mass is 9.32. The van der Waals surface area contributed by atoms with Crippen LogP contribution < -0.4 is 0 Å². The zero-order valence-electron chi connectivity index (χ0n) is 10.2. The van der Waals surface area contributed by atoms with Crippen molar-refractivity contribution in [2.45, 2.75) is 58.8 Å². The lowest BCUT2D eigenvalue weighted by Crippen LogP contribution is -2.66. The Morgan fingerprint density at radius 3 is 2.31 bits per heavy atom. The molecule has 90 valence electrons. The van der Waals surface area contributed by atoms with Crippen LogP contribution in [0.5, 0.6) is 0 Å². The van der Waals surface area contributed by atoms with E-state index in [4.69, 9.17) is 0 Å². The lowest BCUT2D eigenvalue weighted by Gasteiger charge is -2.72. The summed E-state index contributed by atoms with van der Waals surface area (Å²) in [5, 5.41) is 0. The second kappa shape index (κ2) is 2.88. The zero-order chi connectivity index (χ0) is 11.6. The predicted octanol–water partition coefficient (Wildman–Crippen LogP) is 4.56. The SMILES string of the molecule is CC1(C)CCC=C(C23CC(C(F)F)(C2)C3)C1. The van der Waals surface area contributed by atoms with Crippen molar-refractivity contribution in [1.82, 2.24) is 0 Å². The quantitative estimate of drug-likeness (QED) is 0.605. The number of halogens is 2. The first-order valence-electron chi connectivity index (χ1n) is 6.35. The Kier molecular flexibility index (Phi) is 1.93. The first-order chi connectivity index (χ1) is 7.38. The first kappa shape index (κ1) is 10.7. The van der Waals surface area contributed by atoms with Gasteiger partial charge in [0.05, 0.1) is 0 Å². The fourth-order valence-electron chi connectivity index (χ4n) is 4.16. The van der Waals surface area contributed by atoms with Gasteiger partial charge in [0.2, 0.25) is 6.43 Å². The topological polar surface area (TPSA) is 0 Å². The molecule has 0 radical (unpaired) electrons. The van der Waals surface area contributed by atoms with E-state index in [9.17, 15) is 8.78 Å². The molecule has 4 rings (SSSR count). The second-order valence-corrected chi connectivity index (χ2v) is 7.08. The van der Waals surface area contributed by atoms with Crippen LogP contribution in [0.3, 0.4) is 0 Å². The Morgan fingerprint density at radius 2 is 1.81 bits per heavy atom. The van der Waals surface area contributed by atoms with E-state index in [1.165, 1.54) is 12.0 Å². The Balaban J connectivity index is 1.72. The molecule has 4 aliphatic carbocycles. The predicted molar refractivity (Wildman–Crippen MR) is 60.4 cm³/mol. The average Bonchev–Trinajstić information content (AvgIpc) is 1.95. The van der Waals surface area contributed by atoms with Gasteiger partial charge in [-0.3, -0.25) is 0 Å². The zero-order valence-corrected chi connectivity index (χ0v) is 10.2. The highest BCUT2D eigenvalue weighted by Crippen LogP contribution is 2.79. The van der Waals surface area contributed by atoms with Crippen LogP contribution in [0.25, 0.3) is 0 Å². The molecule has 2 heteroatoms. The largest absolute Gasteiger partial charge is 0.244 e. The van der Waals surface area contributed by atoms with E-state index in [-0.39, 0.29) is 5.41 Å². The Labute approximate surface area is 96.1 Å². The molecule has 0 aromatic heterocycles. The van der Waals surface area contributed by atoms with Gasteiger partial charge in [-0.1, -0.05) is 25.5 Å². The lowest BCUT2D eigenvalue weighted by molar-refractivity contribution is -0.249. The smallest absolute Gasteiger partial charge is 0.210 e. The molecule has 3 saturated carbocycles. The highest BCUT2D eigenvalue weighted by atomic mass is 19.3. The van der Waals surface area contributed by atoms with Crippen molar-refractivity contribution in [3.8, 4) is 0 Å². The first-order valence-corrected chi connectivity index (χ1v) is 6.35. The summed E-state index contributed by atoms with van der Waals surface area (Å²) in [6.45, 7) is 4.60. The van der Waals surface area contributed by atoms with Crippen LogP contribution in [0.15, 0.2) is 11.6 Å². The Hall–Kier alpha value is -0.400. The molecule has 0 N–H and O–H groups in total. The Morgan fingerprint density at radius 1 is 1.19 bits per heavy atom. The highest BCUT2D eigenvalue weighted by molar-refractivity contribution is 5.34. The van der Waals surface area contributed by atoms with Gasteiger partial charge in [-0.15, -0.1) is 0 Å². The monoisotopic (exact) mass is 226 g/mol. The molecule has 2 bridgehead atoms. The minimum atomic E-state index is -2.09. The van der Waals surface area contributed by atoms with Crippen LogP contribution in [0.1, 0.15) is 52.4 Å². The molecule has 0 aliphatic heterocycles. The molecule has 0 unspecified atom stereocenters. The molecule has 0 atom stereocenters. The van der Waals surface area contributed by atoms with Gasteiger partial charge < -0.3 is 0 Å². The van der Waals surface area contributed by atoms with E-state index in [1.54, 1.807) is 0 Å². The molecule has 0 spiro atoms. The summed E-state index contributed by atoms with van der Waals surface area (Å²) in [6.07, 6.45) is 6.06. The molecule has 0 amide bonds. The third-order valence-electron chi connectivity index (χ3n) is 5.10. The van der Waals surface area contributed by atoms with Crippen molar-refractivity contribution in [3.63, 3.8) is 0 Å². The van der Waals surface area contributed by atoms with Gasteiger partial charge in [0.15, 0.2) is 0 Å².